The standard InChI is InChI=1S/C10H5N5O4/c11-4-6-2-1-3-12-9(6)14-5-7(15(18)19)8(13-14)10(16)17/h1-3,5H,(H,16,17). The van der Waals surface area contributed by atoms with Gasteiger partial charge in [-0.05, 0) is 12.1 Å². The second-order valence-electron chi connectivity index (χ2n) is 3.36. The molecule has 0 aliphatic heterocycles. The van der Waals surface area contributed by atoms with Crippen molar-refractivity contribution in [1.82, 2.24) is 14.8 Å². The molecular formula is C10H5N5O4. The zero-order valence-electron chi connectivity index (χ0n) is 9.22. The van der Waals surface area contributed by atoms with Crippen LogP contribution < -0.4 is 0 Å². The van der Waals surface area contributed by atoms with Crippen molar-refractivity contribution in [2.75, 3.05) is 0 Å². The number of hydrogen-bond acceptors (Lipinski definition) is 6. The predicted molar refractivity (Wildman–Crippen MR) is 59.7 cm³/mol. The van der Waals surface area contributed by atoms with Gasteiger partial charge in [-0.25, -0.2) is 14.5 Å². The van der Waals surface area contributed by atoms with E-state index < -0.39 is 22.3 Å². The highest BCUT2D eigenvalue weighted by atomic mass is 16.6. The molecule has 2 rings (SSSR count). The molecule has 0 spiro atoms. The SMILES string of the molecule is N#Cc1cccnc1-n1cc([N+](=O)[O-])c(C(=O)O)n1. The monoisotopic (exact) mass is 259 g/mol. The van der Waals surface area contributed by atoms with E-state index in [0.29, 0.717) is 0 Å². The molecule has 0 aliphatic carbocycles. The van der Waals surface area contributed by atoms with E-state index in [1.54, 1.807) is 0 Å². The van der Waals surface area contributed by atoms with Crippen molar-refractivity contribution in [3.8, 4) is 11.9 Å². The van der Waals surface area contributed by atoms with Gasteiger partial charge in [-0.15, -0.1) is 0 Å². The van der Waals surface area contributed by atoms with Crippen LogP contribution in [-0.2, 0) is 0 Å². The minimum Gasteiger partial charge on any atom is -0.476 e. The Morgan fingerprint density at radius 3 is 2.84 bits per heavy atom. The lowest BCUT2D eigenvalue weighted by Crippen LogP contribution is -2.04. The number of rotatable bonds is 3. The Labute approximate surface area is 105 Å². The number of nitro groups is 1. The first-order chi connectivity index (χ1) is 9.04. The van der Waals surface area contributed by atoms with E-state index in [1.165, 1.54) is 18.3 Å². The second kappa shape index (κ2) is 4.53. The van der Waals surface area contributed by atoms with Crippen LogP contribution >= 0.6 is 0 Å². The van der Waals surface area contributed by atoms with E-state index in [0.717, 1.165) is 10.9 Å². The number of carboxylic acids is 1. The average molecular weight is 259 g/mol. The highest BCUT2D eigenvalue weighted by molar-refractivity contribution is 5.89. The van der Waals surface area contributed by atoms with E-state index in [9.17, 15) is 14.9 Å². The molecule has 1 N–H and O–H groups in total. The minimum atomic E-state index is -1.53. The number of carboxylic acid groups (broad SMARTS) is 1. The molecule has 0 saturated heterocycles. The first-order valence-electron chi connectivity index (χ1n) is 4.87. The summed E-state index contributed by atoms with van der Waals surface area (Å²) in [6, 6.07) is 4.79. The summed E-state index contributed by atoms with van der Waals surface area (Å²) in [6.07, 6.45) is 2.27. The molecule has 0 radical (unpaired) electrons. The molecule has 2 heterocycles. The van der Waals surface area contributed by atoms with Gasteiger partial charge in [0.2, 0.25) is 5.69 Å². The topological polar surface area (TPSA) is 135 Å². The van der Waals surface area contributed by atoms with Crippen LogP contribution in [-0.4, -0.2) is 30.8 Å². The van der Waals surface area contributed by atoms with E-state index in [2.05, 4.69) is 10.1 Å². The Balaban J connectivity index is 2.65. The largest absolute Gasteiger partial charge is 0.476 e. The third-order valence-electron chi connectivity index (χ3n) is 2.22. The molecule has 0 atom stereocenters. The number of nitrogens with zero attached hydrogens (tertiary/aromatic N) is 5. The Morgan fingerprint density at radius 1 is 1.58 bits per heavy atom. The van der Waals surface area contributed by atoms with E-state index in [1.807, 2.05) is 6.07 Å². The highest BCUT2D eigenvalue weighted by Gasteiger charge is 2.26. The van der Waals surface area contributed by atoms with Crippen LogP contribution in [0.4, 0.5) is 5.69 Å². The summed E-state index contributed by atoms with van der Waals surface area (Å²) in [4.78, 5) is 24.6. The van der Waals surface area contributed by atoms with Crippen LogP contribution in [0.15, 0.2) is 24.5 Å². The molecule has 9 heteroatoms. The van der Waals surface area contributed by atoms with Gasteiger partial charge in [0.25, 0.3) is 0 Å². The molecule has 0 unspecified atom stereocenters. The lowest BCUT2D eigenvalue weighted by Gasteiger charge is -2.00. The maximum absolute atomic E-state index is 10.9. The van der Waals surface area contributed by atoms with Crippen LogP contribution in [0, 0.1) is 21.4 Å². The zero-order valence-corrected chi connectivity index (χ0v) is 9.22. The van der Waals surface area contributed by atoms with E-state index >= 15 is 0 Å². The van der Waals surface area contributed by atoms with Gasteiger partial charge in [0.05, 0.1) is 10.5 Å². The van der Waals surface area contributed by atoms with Crippen LogP contribution in [0.2, 0.25) is 0 Å². The third kappa shape index (κ3) is 2.09. The van der Waals surface area contributed by atoms with E-state index in [4.69, 9.17) is 10.4 Å². The molecule has 2 aromatic heterocycles. The minimum absolute atomic E-state index is 0.0283. The van der Waals surface area contributed by atoms with Crippen molar-refractivity contribution in [1.29, 1.82) is 5.26 Å². The third-order valence-corrected chi connectivity index (χ3v) is 2.22. The molecule has 0 saturated carbocycles. The fraction of sp³-hybridized carbons (Fsp3) is 0. The summed E-state index contributed by atoms with van der Waals surface area (Å²) >= 11 is 0. The summed E-state index contributed by atoms with van der Waals surface area (Å²) in [6.45, 7) is 0. The van der Waals surface area contributed by atoms with Crippen LogP contribution in [0.5, 0.6) is 0 Å². The van der Waals surface area contributed by atoms with Crippen LogP contribution in [0.25, 0.3) is 5.82 Å². The summed E-state index contributed by atoms with van der Waals surface area (Å²) < 4.78 is 0.903. The summed E-state index contributed by atoms with van der Waals surface area (Å²) in [7, 11) is 0. The van der Waals surface area contributed by atoms with Crippen LogP contribution in [0.3, 0.4) is 0 Å². The zero-order chi connectivity index (χ0) is 14.0. The molecule has 2 aromatic rings. The molecule has 0 amide bonds. The van der Waals surface area contributed by atoms with Gasteiger partial charge in [-0.2, -0.15) is 10.4 Å². The number of pyridine rings is 1. The number of aromatic carboxylic acids is 1. The fourth-order valence-electron chi connectivity index (χ4n) is 1.43. The van der Waals surface area contributed by atoms with Crippen molar-refractivity contribution in [3.05, 3.63) is 45.9 Å². The number of hydrogen-bond donors (Lipinski definition) is 1. The van der Waals surface area contributed by atoms with Crippen molar-refractivity contribution in [2.45, 2.75) is 0 Å². The van der Waals surface area contributed by atoms with Crippen molar-refractivity contribution in [3.63, 3.8) is 0 Å². The number of aromatic nitrogens is 3. The quantitative estimate of drug-likeness (QED) is 0.634. The molecule has 9 nitrogen and oxygen atoms in total. The molecule has 0 fully saturated rings. The number of nitriles is 1. The maximum atomic E-state index is 10.9. The Kier molecular flexibility index (Phi) is 2.91. The molecule has 0 bridgehead atoms. The second-order valence-corrected chi connectivity index (χ2v) is 3.36. The van der Waals surface area contributed by atoms with Gasteiger partial charge in [-0.3, -0.25) is 10.1 Å². The summed E-state index contributed by atoms with van der Waals surface area (Å²) in [5, 5.41) is 32.0. The molecule has 94 valence electrons. The molecule has 0 aliphatic rings. The van der Waals surface area contributed by atoms with Gasteiger partial charge in [0.1, 0.15) is 12.3 Å². The van der Waals surface area contributed by atoms with Crippen LogP contribution in [0.1, 0.15) is 16.1 Å². The van der Waals surface area contributed by atoms with Gasteiger partial charge in [0, 0.05) is 6.20 Å². The molecular weight excluding hydrogens is 254 g/mol. The van der Waals surface area contributed by atoms with Gasteiger partial charge >= 0.3 is 11.7 Å². The summed E-state index contributed by atoms with van der Waals surface area (Å²) in [5.74, 6) is -1.50. The Morgan fingerprint density at radius 2 is 2.32 bits per heavy atom. The first-order valence-corrected chi connectivity index (χ1v) is 4.87. The normalized spacial score (nSPS) is 9.84. The maximum Gasteiger partial charge on any atom is 0.363 e. The predicted octanol–water partition coefficient (Wildman–Crippen LogP) is 0.745. The Bertz CT molecular complexity index is 683. The van der Waals surface area contributed by atoms with E-state index in [-0.39, 0.29) is 11.4 Å². The Hall–Kier alpha value is -3.28. The number of carbonyl (C=O) groups is 1. The van der Waals surface area contributed by atoms with Gasteiger partial charge in [0.15, 0.2) is 5.82 Å². The summed E-state index contributed by atoms with van der Waals surface area (Å²) in [5.41, 5.74) is -1.25. The van der Waals surface area contributed by atoms with Crippen molar-refractivity contribution >= 4 is 11.7 Å². The highest BCUT2D eigenvalue weighted by Crippen LogP contribution is 2.20. The van der Waals surface area contributed by atoms with Gasteiger partial charge < -0.3 is 5.11 Å². The fourth-order valence-corrected chi connectivity index (χ4v) is 1.43. The first kappa shape index (κ1) is 12.2. The van der Waals surface area contributed by atoms with Crippen molar-refractivity contribution in [2.24, 2.45) is 0 Å². The lowest BCUT2D eigenvalue weighted by atomic mass is 10.3. The molecule has 19 heavy (non-hydrogen) atoms. The average Bonchev–Trinajstić information content (AvgIpc) is 2.84. The molecule has 0 aromatic carbocycles. The van der Waals surface area contributed by atoms with Gasteiger partial charge in [-0.1, -0.05) is 0 Å². The lowest BCUT2D eigenvalue weighted by molar-refractivity contribution is -0.385. The van der Waals surface area contributed by atoms with Crippen molar-refractivity contribution < 1.29 is 14.8 Å². The smallest absolute Gasteiger partial charge is 0.363 e.